The zero-order valence-corrected chi connectivity index (χ0v) is 11.6. The van der Waals surface area contributed by atoms with Crippen LogP contribution in [-0.2, 0) is 16.6 Å². The Morgan fingerprint density at radius 2 is 2.26 bits per heavy atom. The summed E-state index contributed by atoms with van der Waals surface area (Å²) in [6.45, 7) is -0.109. The lowest BCUT2D eigenvalue weighted by Crippen LogP contribution is -2.22. The van der Waals surface area contributed by atoms with E-state index in [-0.39, 0.29) is 16.1 Å². The molecule has 0 bridgehead atoms. The van der Waals surface area contributed by atoms with Crippen LogP contribution in [-0.4, -0.2) is 24.7 Å². The third-order valence-electron chi connectivity index (χ3n) is 2.08. The maximum atomic E-state index is 11.9. The van der Waals surface area contributed by atoms with Gasteiger partial charge in [0.2, 0.25) is 15.8 Å². The third kappa shape index (κ3) is 3.03. The summed E-state index contributed by atoms with van der Waals surface area (Å²) < 4.78 is 35.4. The van der Waals surface area contributed by atoms with Crippen LogP contribution in [0, 0.1) is 0 Å². The summed E-state index contributed by atoms with van der Waals surface area (Å²) in [5.74, 6) is -1.52. The molecule has 0 saturated carbocycles. The molecule has 19 heavy (non-hydrogen) atoms. The Morgan fingerprint density at radius 1 is 1.53 bits per heavy atom. The van der Waals surface area contributed by atoms with E-state index in [1.54, 1.807) is 0 Å². The fraction of sp³-hybridized carbons (Fsp3) is 0.111. The zero-order valence-electron chi connectivity index (χ0n) is 9.16. The number of carboxylic acids is 1. The van der Waals surface area contributed by atoms with Crippen molar-refractivity contribution in [2.75, 3.05) is 0 Å². The second-order valence-corrected chi connectivity index (χ2v) is 5.81. The van der Waals surface area contributed by atoms with Crippen LogP contribution in [0.4, 0.5) is 0 Å². The van der Waals surface area contributed by atoms with E-state index in [2.05, 4.69) is 25.8 Å². The van der Waals surface area contributed by atoms with Crippen molar-refractivity contribution in [3.8, 4) is 0 Å². The van der Waals surface area contributed by atoms with Crippen molar-refractivity contribution < 1.29 is 27.3 Å². The van der Waals surface area contributed by atoms with Crippen molar-refractivity contribution in [2.45, 2.75) is 11.4 Å². The van der Waals surface area contributed by atoms with Crippen LogP contribution in [0.1, 0.15) is 16.3 Å². The van der Waals surface area contributed by atoms with Crippen molar-refractivity contribution in [2.24, 2.45) is 0 Å². The van der Waals surface area contributed by atoms with Crippen LogP contribution >= 0.6 is 15.9 Å². The van der Waals surface area contributed by atoms with E-state index in [1.807, 2.05) is 0 Å². The molecule has 0 fully saturated rings. The first-order valence-corrected chi connectivity index (χ1v) is 7.09. The quantitative estimate of drug-likeness (QED) is 0.830. The minimum Gasteiger partial charge on any atom is -0.475 e. The third-order valence-corrected chi connectivity index (χ3v) is 4.34. The normalized spacial score (nSPS) is 11.6. The van der Waals surface area contributed by atoms with Gasteiger partial charge in [-0.25, -0.2) is 17.9 Å². The summed E-state index contributed by atoms with van der Waals surface area (Å²) >= 11 is 2.86. The summed E-state index contributed by atoms with van der Waals surface area (Å²) in [4.78, 5) is 10.4. The molecule has 0 radical (unpaired) electrons. The molecule has 8 nitrogen and oxygen atoms in total. The van der Waals surface area contributed by atoms with Gasteiger partial charge in [0.15, 0.2) is 10.4 Å². The fourth-order valence-electron chi connectivity index (χ4n) is 1.22. The summed E-state index contributed by atoms with van der Waals surface area (Å²) in [6, 6.07) is 2.41. The second-order valence-electron chi connectivity index (χ2n) is 3.36. The Labute approximate surface area is 115 Å². The monoisotopic (exact) mass is 350 g/mol. The van der Waals surface area contributed by atoms with Gasteiger partial charge < -0.3 is 14.0 Å². The first kappa shape index (κ1) is 13.8. The standard InChI is InChI=1S/C9H7BrN2O6S/c10-8-7(3-6(17-8)9(13)14)19(15,16)12-4-5-1-2-11-18-5/h1-3,12H,4H2,(H,13,14). The summed E-state index contributed by atoms with van der Waals surface area (Å²) in [5.41, 5.74) is 0. The molecular weight excluding hydrogens is 344 g/mol. The minimum atomic E-state index is -3.92. The van der Waals surface area contributed by atoms with Gasteiger partial charge in [-0.2, -0.15) is 0 Å². The molecule has 0 spiro atoms. The van der Waals surface area contributed by atoms with Gasteiger partial charge in [0.25, 0.3) is 0 Å². The number of hydrogen-bond acceptors (Lipinski definition) is 6. The number of halogens is 1. The molecule has 0 atom stereocenters. The first-order valence-electron chi connectivity index (χ1n) is 4.82. The molecule has 2 N–H and O–H groups in total. The molecule has 2 rings (SSSR count). The highest BCUT2D eigenvalue weighted by molar-refractivity contribution is 9.10. The molecule has 2 aromatic rings. The molecule has 0 saturated heterocycles. The van der Waals surface area contributed by atoms with Crippen molar-refractivity contribution in [1.82, 2.24) is 9.88 Å². The number of carboxylic acid groups (broad SMARTS) is 1. The molecule has 0 aromatic carbocycles. The highest BCUT2D eigenvalue weighted by atomic mass is 79.9. The Hall–Kier alpha value is -1.65. The van der Waals surface area contributed by atoms with Crippen LogP contribution in [0.2, 0.25) is 0 Å². The number of furan rings is 1. The van der Waals surface area contributed by atoms with Gasteiger partial charge in [0.05, 0.1) is 12.7 Å². The number of sulfonamides is 1. The van der Waals surface area contributed by atoms with Crippen molar-refractivity contribution >= 4 is 31.9 Å². The maximum absolute atomic E-state index is 11.9. The molecule has 0 aliphatic carbocycles. The molecule has 2 aromatic heterocycles. The van der Waals surface area contributed by atoms with Gasteiger partial charge >= 0.3 is 5.97 Å². The fourth-order valence-corrected chi connectivity index (χ4v) is 3.15. The summed E-state index contributed by atoms with van der Waals surface area (Å²) in [5, 5.41) is 12.1. The van der Waals surface area contributed by atoms with Gasteiger partial charge in [0.1, 0.15) is 4.90 Å². The van der Waals surface area contributed by atoms with E-state index in [0.717, 1.165) is 6.07 Å². The van der Waals surface area contributed by atoms with E-state index in [9.17, 15) is 13.2 Å². The van der Waals surface area contributed by atoms with E-state index >= 15 is 0 Å². The van der Waals surface area contributed by atoms with Gasteiger partial charge in [-0.3, -0.25) is 0 Å². The van der Waals surface area contributed by atoms with E-state index < -0.39 is 21.8 Å². The van der Waals surface area contributed by atoms with E-state index in [1.165, 1.54) is 12.3 Å². The summed E-state index contributed by atoms with van der Waals surface area (Å²) in [7, 11) is -3.92. The summed E-state index contributed by atoms with van der Waals surface area (Å²) in [6.07, 6.45) is 1.37. The molecule has 0 amide bonds. The van der Waals surface area contributed by atoms with Gasteiger partial charge in [-0.1, -0.05) is 5.16 Å². The topological polar surface area (TPSA) is 123 Å². The highest BCUT2D eigenvalue weighted by Crippen LogP contribution is 2.26. The average Bonchev–Trinajstić information content (AvgIpc) is 2.95. The Bertz CT molecular complexity index is 690. The predicted molar refractivity (Wildman–Crippen MR) is 63.9 cm³/mol. The molecule has 0 aliphatic heterocycles. The lowest BCUT2D eigenvalue weighted by Gasteiger charge is -2.02. The number of nitrogens with zero attached hydrogens (tertiary/aromatic N) is 1. The van der Waals surface area contributed by atoms with Gasteiger partial charge in [-0.15, -0.1) is 0 Å². The molecule has 0 aliphatic rings. The number of rotatable bonds is 5. The predicted octanol–water partition coefficient (Wildman–Crippen LogP) is 1.21. The molecule has 0 unspecified atom stereocenters. The maximum Gasteiger partial charge on any atom is 0.371 e. The lowest BCUT2D eigenvalue weighted by atomic mass is 10.5. The van der Waals surface area contributed by atoms with Gasteiger partial charge in [-0.05, 0) is 15.9 Å². The molecule has 10 heteroatoms. The first-order chi connectivity index (χ1) is 8.90. The Balaban J connectivity index is 2.22. The Kier molecular flexibility index (Phi) is 3.73. The van der Waals surface area contributed by atoms with Crippen molar-refractivity contribution in [3.05, 3.63) is 34.5 Å². The van der Waals surface area contributed by atoms with E-state index in [4.69, 9.17) is 14.0 Å². The Morgan fingerprint density at radius 3 is 2.79 bits per heavy atom. The number of carbonyl (C=O) groups is 1. The second kappa shape index (κ2) is 5.15. The lowest BCUT2D eigenvalue weighted by molar-refractivity contribution is 0.0661. The largest absolute Gasteiger partial charge is 0.475 e. The van der Waals surface area contributed by atoms with E-state index in [0.29, 0.717) is 5.76 Å². The smallest absolute Gasteiger partial charge is 0.371 e. The number of aromatic nitrogens is 1. The number of nitrogens with one attached hydrogen (secondary N) is 1. The van der Waals surface area contributed by atoms with Crippen LogP contribution in [0.15, 0.2) is 36.8 Å². The highest BCUT2D eigenvalue weighted by Gasteiger charge is 2.24. The zero-order chi connectivity index (χ0) is 14.0. The number of aromatic carboxylic acids is 1. The molecule has 2 heterocycles. The van der Waals surface area contributed by atoms with Crippen molar-refractivity contribution in [1.29, 1.82) is 0 Å². The molecule has 102 valence electrons. The van der Waals surface area contributed by atoms with Crippen LogP contribution in [0.3, 0.4) is 0 Å². The van der Waals surface area contributed by atoms with Crippen LogP contribution in [0.5, 0.6) is 0 Å². The molecular formula is C9H7BrN2O6S. The SMILES string of the molecule is O=C(O)c1cc(S(=O)(=O)NCc2ccno2)c(Br)o1. The minimum absolute atomic E-state index is 0.109. The van der Waals surface area contributed by atoms with Crippen molar-refractivity contribution in [3.63, 3.8) is 0 Å². The van der Waals surface area contributed by atoms with Crippen LogP contribution < -0.4 is 4.72 Å². The van der Waals surface area contributed by atoms with Gasteiger partial charge in [0, 0.05) is 12.1 Å². The average molecular weight is 351 g/mol. The van der Waals surface area contributed by atoms with Crippen LogP contribution in [0.25, 0.3) is 0 Å². The number of hydrogen-bond donors (Lipinski definition) is 2.